The second-order valence-electron chi connectivity index (χ2n) is 4.78. The molecule has 0 saturated heterocycles. The molecular weight excluding hydrogens is 274 g/mol. The van der Waals surface area contributed by atoms with Crippen molar-refractivity contribution in [2.45, 2.75) is 46.5 Å². The summed E-state index contributed by atoms with van der Waals surface area (Å²) in [4.78, 5) is 26.6. The van der Waals surface area contributed by atoms with Crippen LogP contribution < -0.4 is 0 Å². The fourth-order valence-electron chi connectivity index (χ4n) is 2.15. The minimum absolute atomic E-state index is 0.156. The highest BCUT2D eigenvalue weighted by molar-refractivity contribution is 7.14. The highest BCUT2D eigenvalue weighted by Gasteiger charge is 2.21. The molecule has 20 heavy (non-hydrogen) atoms. The van der Waals surface area contributed by atoms with Gasteiger partial charge in [0.1, 0.15) is 6.54 Å². The van der Waals surface area contributed by atoms with Gasteiger partial charge in [0.25, 0.3) is 5.91 Å². The molecule has 4 nitrogen and oxygen atoms in total. The molecule has 0 unspecified atom stereocenters. The van der Waals surface area contributed by atoms with E-state index >= 15 is 0 Å². The topological polar surface area (TPSA) is 57.6 Å². The lowest BCUT2D eigenvalue weighted by molar-refractivity contribution is -0.137. The molecular formula is C15H23NO3S. The fourth-order valence-corrected chi connectivity index (χ4v) is 3.47. The van der Waals surface area contributed by atoms with Gasteiger partial charge in [-0.25, -0.2) is 0 Å². The van der Waals surface area contributed by atoms with Crippen molar-refractivity contribution in [2.24, 2.45) is 0 Å². The monoisotopic (exact) mass is 297 g/mol. The van der Waals surface area contributed by atoms with Gasteiger partial charge < -0.3 is 10.0 Å². The number of aryl methyl sites for hydroxylation is 2. The van der Waals surface area contributed by atoms with Crippen LogP contribution in [0.4, 0.5) is 0 Å². The first-order valence-corrected chi connectivity index (χ1v) is 7.97. The van der Waals surface area contributed by atoms with Crippen LogP contribution in [-0.4, -0.2) is 35.0 Å². The van der Waals surface area contributed by atoms with Gasteiger partial charge in [-0.15, -0.1) is 11.3 Å². The van der Waals surface area contributed by atoms with Crippen molar-refractivity contribution in [2.75, 3.05) is 13.1 Å². The third-order valence-corrected chi connectivity index (χ3v) is 4.30. The molecule has 1 N–H and O–H groups in total. The predicted molar refractivity (Wildman–Crippen MR) is 81.5 cm³/mol. The van der Waals surface area contributed by atoms with Crippen LogP contribution in [-0.2, 0) is 17.6 Å². The summed E-state index contributed by atoms with van der Waals surface area (Å²) < 4.78 is 0. The summed E-state index contributed by atoms with van der Waals surface area (Å²) in [6.45, 7) is 6.39. The minimum atomic E-state index is -0.965. The Kier molecular flexibility index (Phi) is 6.71. The summed E-state index contributed by atoms with van der Waals surface area (Å²) in [6.07, 6.45) is 3.70. The Morgan fingerprint density at radius 2 is 1.95 bits per heavy atom. The number of carbonyl (C=O) groups excluding carboxylic acids is 1. The van der Waals surface area contributed by atoms with E-state index in [-0.39, 0.29) is 12.5 Å². The van der Waals surface area contributed by atoms with Gasteiger partial charge in [0.05, 0.1) is 4.88 Å². The van der Waals surface area contributed by atoms with Crippen LogP contribution in [0, 0.1) is 0 Å². The number of thiophene rings is 1. The first-order valence-electron chi connectivity index (χ1n) is 7.16. The van der Waals surface area contributed by atoms with Gasteiger partial charge >= 0.3 is 5.97 Å². The Bertz CT molecular complexity index is 468. The van der Waals surface area contributed by atoms with Crippen LogP contribution in [0.2, 0.25) is 0 Å². The van der Waals surface area contributed by atoms with Crippen molar-refractivity contribution in [1.29, 1.82) is 0 Å². The lowest BCUT2D eigenvalue weighted by Crippen LogP contribution is -2.35. The Balaban J connectivity index is 2.95. The number of carboxylic acids is 1. The maximum absolute atomic E-state index is 12.4. The van der Waals surface area contributed by atoms with E-state index in [2.05, 4.69) is 13.8 Å². The maximum Gasteiger partial charge on any atom is 0.323 e. The lowest BCUT2D eigenvalue weighted by atomic mass is 10.1. The number of hydrogen-bond donors (Lipinski definition) is 1. The Morgan fingerprint density at radius 1 is 1.25 bits per heavy atom. The van der Waals surface area contributed by atoms with Crippen LogP contribution in [0.5, 0.6) is 0 Å². The molecule has 5 heteroatoms. The maximum atomic E-state index is 12.4. The molecule has 0 saturated carbocycles. The molecule has 0 radical (unpaired) electrons. The number of carboxylic acid groups (broad SMARTS) is 1. The van der Waals surface area contributed by atoms with E-state index in [1.54, 1.807) is 0 Å². The van der Waals surface area contributed by atoms with Gasteiger partial charge in [-0.3, -0.25) is 9.59 Å². The average Bonchev–Trinajstić information content (AvgIpc) is 2.80. The largest absolute Gasteiger partial charge is 0.480 e. The van der Waals surface area contributed by atoms with Crippen molar-refractivity contribution in [3.8, 4) is 0 Å². The van der Waals surface area contributed by atoms with E-state index in [1.165, 1.54) is 26.7 Å². The van der Waals surface area contributed by atoms with E-state index in [0.717, 1.165) is 25.7 Å². The van der Waals surface area contributed by atoms with Crippen molar-refractivity contribution >= 4 is 23.2 Å². The van der Waals surface area contributed by atoms with Crippen LogP contribution in [0.3, 0.4) is 0 Å². The summed E-state index contributed by atoms with van der Waals surface area (Å²) in [6, 6.07) is 1.93. The number of nitrogens with zero attached hydrogens (tertiary/aromatic N) is 1. The Morgan fingerprint density at radius 3 is 2.45 bits per heavy atom. The highest BCUT2D eigenvalue weighted by atomic mass is 32.1. The summed E-state index contributed by atoms with van der Waals surface area (Å²) in [5.74, 6) is -1.12. The summed E-state index contributed by atoms with van der Waals surface area (Å²) in [5.41, 5.74) is 1.21. The average molecular weight is 297 g/mol. The van der Waals surface area contributed by atoms with Gasteiger partial charge in [-0.1, -0.05) is 27.2 Å². The first-order chi connectivity index (χ1) is 9.53. The summed E-state index contributed by atoms with van der Waals surface area (Å²) in [7, 11) is 0. The van der Waals surface area contributed by atoms with E-state index in [1.807, 2.05) is 13.0 Å². The standard InChI is InChI=1S/C15H23NO3S/c1-4-7-12-11(6-3)9-13(20-12)15(19)16(8-5-2)10-14(17)18/h9H,4-8,10H2,1-3H3,(H,17,18). The molecule has 0 aliphatic rings. The van der Waals surface area contributed by atoms with Crippen LogP contribution in [0.25, 0.3) is 0 Å². The van der Waals surface area contributed by atoms with Crippen molar-refractivity contribution < 1.29 is 14.7 Å². The van der Waals surface area contributed by atoms with Gasteiger partial charge in [0.15, 0.2) is 0 Å². The van der Waals surface area contributed by atoms with Gasteiger partial charge in [0, 0.05) is 11.4 Å². The van der Waals surface area contributed by atoms with Crippen molar-refractivity contribution in [3.63, 3.8) is 0 Å². The normalized spacial score (nSPS) is 10.6. The third-order valence-electron chi connectivity index (χ3n) is 3.07. The number of amides is 1. The third kappa shape index (κ3) is 4.34. The molecule has 0 aliphatic carbocycles. The minimum Gasteiger partial charge on any atom is -0.480 e. The quantitative estimate of drug-likeness (QED) is 0.801. The van der Waals surface area contributed by atoms with Crippen LogP contribution >= 0.6 is 11.3 Å². The number of carbonyl (C=O) groups is 2. The molecule has 1 amide bonds. The lowest BCUT2D eigenvalue weighted by Gasteiger charge is -2.18. The molecule has 0 fully saturated rings. The van der Waals surface area contributed by atoms with E-state index in [0.29, 0.717) is 11.4 Å². The molecule has 1 rings (SSSR count). The molecule has 0 aliphatic heterocycles. The number of hydrogen-bond acceptors (Lipinski definition) is 3. The summed E-state index contributed by atoms with van der Waals surface area (Å²) >= 11 is 1.51. The SMILES string of the molecule is CCCc1sc(C(=O)N(CCC)CC(=O)O)cc1CC. The zero-order chi connectivity index (χ0) is 15.1. The Hall–Kier alpha value is -1.36. The molecule has 1 aromatic heterocycles. The highest BCUT2D eigenvalue weighted by Crippen LogP contribution is 2.25. The fraction of sp³-hybridized carbons (Fsp3) is 0.600. The zero-order valence-electron chi connectivity index (χ0n) is 12.4. The van der Waals surface area contributed by atoms with E-state index in [9.17, 15) is 9.59 Å². The van der Waals surface area contributed by atoms with Crippen molar-refractivity contribution in [3.05, 3.63) is 21.4 Å². The molecule has 1 heterocycles. The van der Waals surface area contributed by atoms with Gasteiger partial charge in [0.2, 0.25) is 0 Å². The van der Waals surface area contributed by atoms with Gasteiger partial charge in [-0.2, -0.15) is 0 Å². The van der Waals surface area contributed by atoms with Gasteiger partial charge in [-0.05, 0) is 30.9 Å². The molecule has 0 atom stereocenters. The molecule has 0 bridgehead atoms. The second kappa shape index (κ2) is 8.04. The molecule has 0 aromatic carbocycles. The van der Waals surface area contributed by atoms with Crippen molar-refractivity contribution in [1.82, 2.24) is 4.90 Å². The van der Waals surface area contributed by atoms with E-state index < -0.39 is 5.97 Å². The first kappa shape index (κ1) is 16.7. The molecule has 0 spiro atoms. The molecule has 112 valence electrons. The second-order valence-corrected chi connectivity index (χ2v) is 5.92. The van der Waals surface area contributed by atoms with Crippen LogP contribution in [0.15, 0.2) is 6.07 Å². The Labute approximate surface area is 124 Å². The smallest absolute Gasteiger partial charge is 0.323 e. The number of rotatable bonds is 8. The van der Waals surface area contributed by atoms with E-state index in [4.69, 9.17) is 5.11 Å². The summed E-state index contributed by atoms with van der Waals surface area (Å²) in [5, 5.41) is 8.91. The predicted octanol–water partition coefficient (Wildman–Crippen LogP) is 3.20. The molecule has 1 aromatic rings. The zero-order valence-corrected chi connectivity index (χ0v) is 13.3. The number of aliphatic carboxylic acids is 1. The van der Waals surface area contributed by atoms with Crippen LogP contribution in [0.1, 0.15) is 53.7 Å².